The van der Waals surface area contributed by atoms with E-state index in [1.165, 1.54) is 0 Å². The van der Waals surface area contributed by atoms with E-state index in [0.717, 1.165) is 21.8 Å². The molecule has 4 nitrogen and oxygen atoms in total. The van der Waals surface area contributed by atoms with Crippen LogP contribution in [0.3, 0.4) is 0 Å². The molecule has 2 aromatic heterocycles. The molecule has 0 aliphatic rings. The van der Waals surface area contributed by atoms with E-state index in [9.17, 15) is 0 Å². The number of aromatic nitrogens is 4. The Morgan fingerprint density at radius 3 is 2.93 bits per heavy atom. The summed E-state index contributed by atoms with van der Waals surface area (Å²) < 4.78 is 0. The van der Waals surface area contributed by atoms with Gasteiger partial charge in [0.05, 0.1) is 17.1 Å². The van der Waals surface area contributed by atoms with E-state index in [2.05, 4.69) is 20.4 Å². The Bertz CT molecular complexity index is 606. The second-order valence-electron chi connectivity index (χ2n) is 3.00. The van der Waals surface area contributed by atoms with Gasteiger partial charge in [-0.3, -0.25) is 0 Å². The minimum absolute atomic E-state index is 0.845. The minimum atomic E-state index is 0.845. The van der Waals surface area contributed by atoms with E-state index in [4.69, 9.17) is 0 Å². The second-order valence-corrected chi connectivity index (χ2v) is 3.00. The normalized spacial score (nSPS) is 10.9. The summed E-state index contributed by atoms with van der Waals surface area (Å²) in [6.45, 7) is 0. The number of nitrogens with zero attached hydrogens (tertiary/aromatic N) is 4. The molecule has 2 heterocycles. The molecule has 14 heavy (non-hydrogen) atoms. The standard InChI is InChI=1S/C10H6N4/c1-2-7-3-4-9-8(6-12-13-9)10(7)14-11-5-1/h1-6H. The van der Waals surface area contributed by atoms with Crippen LogP contribution >= 0.6 is 0 Å². The third-order valence-electron chi connectivity index (χ3n) is 2.16. The fourth-order valence-electron chi connectivity index (χ4n) is 1.50. The maximum absolute atomic E-state index is 4.11. The Morgan fingerprint density at radius 2 is 1.93 bits per heavy atom. The number of hydrogen-bond acceptors (Lipinski definition) is 4. The smallest absolute Gasteiger partial charge is 0.104 e. The Hall–Kier alpha value is -2.10. The van der Waals surface area contributed by atoms with Crippen LogP contribution in [0, 0.1) is 0 Å². The molecule has 3 aromatic rings. The highest BCUT2D eigenvalue weighted by Crippen LogP contribution is 2.19. The number of benzene rings is 1. The maximum atomic E-state index is 4.11. The van der Waals surface area contributed by atoms with Crippen LogP contribution in [0.5, 0.6) is 0 Å². The average molecular weight is 182 g/mol. The number of hydrogen-bond donors (Lipinski definition) is 0. The highest BCUT2D eigenvalue weighted by Gasteiger charge is 2.02. The van der Waals surface area contributed by atoms with E-state index < -0.39 is 0 Å². The molecule has 0 saturated carbocycles. The lowest BCUT2D eigenvalue weighted by Gasteiger charge is -1.90. The van der Waals surface area contributed by atoms with Crippen molar-refractivity contribution in [3.8, 4) is 0 Å². The van der Waals surface area contributed by atoms with Crippen molar-refractivity contribution in [3.63, 3.8) is 0 Å². The molecule has 66 valence electrons. The number of fused-ring (bicyclic) bond motifs is 3. The summed E-state index contributed by atoms with van der Waals surface area (Å²) in [5, 5.41) is 17.8. The first kappa shape index (κ1) is 7.32. The zero-order valence-corrected chi connectivity index (χ0v) is 7.25. The van der Waals surface area contributed by atoms with Crippen molar-refractivity contribution in [2.75, 3.05) is 0 Å². The summed E-state index contributed by atoms with van der Waals surface area (Å²) in [5.74, 6) is 0. The van der Waals surface area contributed by atoms with Gasteiger partial charge in [-0.25, -0.2) is 0 Å². The van der Waals surface area contributed by atoms with Gasteiger partial charge in [0, 0.05) is 11.6 Å². The van der Waals surface area contributed by atoms with Crippen LogP contribution in [-0.4, -0.2) is 20.4 Å². The van der Waals surface area contributed by atoms with Crippen LogP contribution < -0.4 is 0 Å². The Labute approximate surface area is 79.6 Å². The van der Waals surface area contributed by atoms with Crippen LogP contribution in [0.4, 0.5) is 0 Å². The lowest BCUT2D eigenvalue weighted by molar-refractivity contribution is 1.09. The Balaban J connectivity index is 2.64. The quantitative estimate of drug-likeness (QED) is 0.529. The molecule has 0 spiro atoms. The third-order valence-corrected chi connectivity index (χ3v) is 2.16. The van der Waals surface area contributed by atoms with Crippen molar-refractivity contribution in [2.45, 2.75) is 0 Å². The van der Waals surface area contributed by atoms with Gasteiger partial charge in [-0.15, -0.1) is 5.10 Å². The summed E-state index contributed by atoms with van der Waals surface area (Å²) in [6, 6.07) is 7.75. The summed E-state index contributed by atoms with van der Waals surface area (Å²) in [6.07, 6.45) is 3.38. The van der Waals surface area contributed by atoms with Crippen molar-refractivity contribution >= 4 is 21.8 Å². The molecule has 0 unspecified atom stereocenters. The van der Waals surface area contributed by atoms with E-state index in [0.29, 0.717) is 0 Å². The average Bonchev–Trinajstić information content (AvgIpc) is 2.55. The summed E-state index contributed by atoms with van der Waals surface area (Å²) in [4.78, 5) is 0. The van der Waals surface area contributed by atoms with E-state index in [1.54, 1.807) is 12.4 Å². The molecule has 0 saturated heterocycles. The zero-order valence-electron chi connectivity index (χ0n) is 7.25. The molecule has 0 amide bonds. The summed E-state index contributed by atoms with van der Waals surface area (Å²) >= 11 is 0. The predicted molar refractivity (Wildman–Crippen MR) is 52.6 cm³/mol. The fourth-order valence-corrected chi connectivity index (χ4v) is 1.50. The van der Waals surface area contributed by atoms with Crippen molar-refractivity contribution in [1.82, 2.24) is 20.4 Å². The summed E-state index contributed by atoms with van der Waals surface area (Å²) in [7, 11) is 0. The van der Waals surface area contributed by atoms with Crippen molar-refractivity contribution < 1.29 is 0 Å². The first-order valence-corrected chi connectivity index (χ1v) is 4.27. The van der Waals surface area contributed by atoms with Gasteiger partial charge in [0.1, 0.15) is 5.52 Å². The van der Waals surface area contributed by atoms with Crippen molar-refractivity contribution in [1.29, 1.82) is 0 Å². The van der Waals surface area contributed by atoms with E-state index >= 15 is 0 Å². The van der Waals surface area contributed by atoms with Gasteiger partial charge in [-0.05, 0) is 12.1 Å². The first-order valence-electron chi connectivity index (χ1n) is 4.27. The van der Waals surface area contributed by atoms with Crippen LogP contribution in [0.1, 0.15) is 0 Å². The van der Waals surface area contributed by atoms with Gasteiger partial charge in [-0.1, -0.05) is 12.1 Å². The highest BCUT2D eigenvalue weighted by atomic mass is 15.1. The first-order chi connectivity index (χ1) is 6.95. The molecule has 4 heteroatoms. The molecule has 0 N–H and O–H groups in total. The van der Waals surface area contributed by atoms with E-state index in [-0.39, 0.29) is 0 Å². The highest BCUT2D eigenvalue weighted by molar-refractivity contribution is 6.02. The lowest BCUT2D eigenvalue weighted by Crippen LogP contribution is -1.76. The van der Waals surface area contributed by atoms with Crippen molar-refractivity contribution in [2.24, 2.45) is 0 Å². The molecule has 0 aliphatic carbocycles. The monoisotopic (exact) mass is 182 g/mol. The largest absolute Gasteiger partial charge is 0.159 e. The fraction of sp³-hybridized carbons (Fsp3) is 0. The molecule has 0 fully saturated rings. The Kier molecular flexibility index (Phi) is 1.41. The van der Waals surface area contributed by atoms with Gasteiger partial charge < -0.3 is 0 Å². The van der Waals surface area contributed by atoms with Crippen molar-refractivity contribution in [3.05, 3.63) is 36.7 Å². The molecule has 0 aliphatic heterocycles. The predicted octanol–water partition coefficient (Wildman–Crippen LogP) is 1.57. The van der Waals surface area contributed by atoms with Crippen LogP contribution in [-0.2, 0) is 0 Å². The van der Waals surface area contributed by atoms with E-state index in [1.807, 2.05) is 24.3 Å². The molecule has 1 aromatic carbocycles. The van der Waals surface area contributed by atoms with Crippen LogP contribution in [0.2, 0.25) is 0 Å². The molecule has 0 atom stereocenters. The topological polar surface area (TPSA) is 51.6 Å². The van der Waals surface area contributed by atoms with Gasteiger partial charge in [0.15, 0.2) is 0 Å². The molecule has 3 rings (SSSR count). The molecule has 0 bridgehead atoms. The minimum Gasteiger partial charge on any atom is -0.159 e. The lowest BCUT2D eigenvalue weighted by atomic mass is 10.2. The van der Waals surface area contributed by atoms with Gasteiger partial charge in [0.25, 0.3) is 0 Å². The van der Waals surface area contributed by atoms with Gasteiger partial charge in [0.2, 0.25) is 0 Å². The molecule has 0 radical (unpaired) electrons. The van der Waals surface area contributed by atoms with Gasteiger partial charge >= 0.3 is 0 Å². The summed E-state index contributed by atoms with van der Waals surface area (Å²) in [5.41, 5.74) is 1.70. The molecular weight excluding hydrogens is 176 g/mol. The second kappa shape index (κ2) is 2.70. The van der Waals surface area contributed by atoms with Gasteiger partial charge in [-0.2, -0.15) is 15.3 Å². The molecular formula is C10H6N4. The van der Waals surface area contributed by atoms with Crippen LogP contribution in [0.15, 0.2) is 36.7 Å². The zero-order chi connectivity index (χ0) is 9.38. The number of rotatable bonds is 0. The maximum Gasteiger partial charge on any atom is 0.104 e. The third kappa shape index (κ3) is 0.939. The van der Waals surface area contributed by atoms with Crippen LogP contribution in [0.25, 0.3) is 21.8 Å². The Morgan fingerprint density at radius 1 is 0.929 bits per heavy atom. The SMILES string of the molecule is c1cnnc2c(c1)ccc1nncc12.